The SMILES string of the molecule is Cc1c(Br)c(Br)c(Oc2c(Br)c(Br)c(Br)c(Br)c2Br)c(Br)c1Br. The second-order valence-electron chi connectivity index (χ2n) is 4.21. The molecule has 0 radical (unpaired) electrons. The normalized spacial score (nSPS) is 11.0. The van der Waals surface area contributed by atoms with Crippen molar-refractivity contribution >= 4 is 143 Å². The largest absolute Gasteiger partial charge is 0.452 e. The molecule has 0 unspecified atom stereocenters. The lowest BCUT2D eigenvalue weighted by atomic mass is 10.2. The van der Waals surface area contributed by atoms with Crippen molar-refractivity contribution in [2.24, 2.45) is 0 Å². The van der Waals surface area contributed by atoms with Gasteiger partial charge >= 0.3 is 0 Å². The van der Waals surface area contributed by atoms with Crippen LogP contribution in [0.5, 0.6) is 11.5 Å². The van der Waals surface area contributed by atoms with Gasteiger partial charge in [0.05, 0.1) is 26.8 Å². The minimum Gasteiger partial charge on any atom is -0.452 e. The van der Waals surface area contributed by atoms with Crippen molar-refractivity contribution in [1.82, 2.24) is 0 Å². The highest BCUT2D eigenvalue weighted by Gasteiger charge is 2.23. The molecule has 10 heteroatoms. The topological polar surface area (TPSA) is 9.23 Å². The summed E-state index contributed by atoms with van der Waals surface area (Å²) in [6.07, 6.45) is 0. The predicted molar refractivity (Wildman–Crippen MR) is 127 cm³/mol. The van der Waals surface area contributed by atoms with E-state index in [-0.39, 0.29) is 0 Å². The molecule has 0 saturated carbocycles. The van der Waals surface area contributed by atoms with E-state index in [9.17, 15) is 0 Å². The van der Waals surface area contributed by atoms with E-state index in [1.807, 2.05) is 6.92 Å². The molecule has 2 rings (SSSR count). The molecule has 2 aromatic carbocycles. The van der Waals surface area contributed by atoms with Crippen LogP contribution in [0.2, 0.25) is 0 Å². The van der Waals surface area contributed by atoms with Gasteiger partial charge in [0.1, 0.15) is 0 Å². The minimum atomic E-state index is 0.635. The Kier molecular flexibility index (Phi) is 8.28. The fourth-order valence-corrected chi connectivity index (χ4v) is 7.20. The Bertz CT molecular complexity index is 691. The van der Waals surface area contributed by atoms with Gasteiger partial charge in [0.2, 0.25) is 0 Å². The first-order valence-corrected chi connectivity index (χ1v) is 12.7. The number of rotatable bonds is 2. The summed E-state index contributed by atoms with van der Waals surface area (Å²) >= 11 is 32.1. The van der Waals surface area contributed by atoms with Crippen LogP contribution in [0.4, 0.5) is 0 Å². The van der Waals surface area contributed by atoms with E-state index in [0.717, 1.165) is 45.8 Å². The van der Waals surface area contributed by atoms with Gasteiger partial charge in [0.25, 0.3) is 0 Å². The highest BCUT2D eigenvalue weighted by Crippen LogP contribution is 2.53. The molecule has 0 bridgehead atoms. The molecular weight excluding hydrogens is 891 g/mol. The molecule has 1 nitrogen and oxygen atoms in total. The summed E-state index contributed by atoms with van der Waals surface area (Å²) in [6.45, 7) is 2.01. The third-order valence-corrected chi connectivity index (χ3v) is 13.4. The molecule has 0 aromatic heterocycles. The number of hydrogen-bond acceptors (Lipinski definition) is 1. The smallest absolute Gasteiger partial charge is 0.158 e. The summed E-state index contributed by atoms with van der Waals surface area (Å²) in [6, 6.07) is 0. The van der Waals surface area contributed by atoms with Gasteiger partial charge in [-0.05, 0) is 156 Å². The maximum Gasteiger partial charge on any atom is 0.158 e. The van der Waals surface area contributed by atoms with E-state index >= 15 is 0 Å². The van der Waals surface area contributed by atoms with E-state index in [2.05, 4.69) is 143 Å². The molecule has 0 aliphatic heterocycles. The second kappa shape index (κ2) is 8.71. The molecule has 2 aromatic rings. The summed E-state index contributed by atoms with van der Waals surface area (Å²) in [5.41, 5.74) is 1.06. The minimum absolute atomic E-state index is 0.635. The Morgan fingerprint density at radius 3 is 1.04 bits per heavy atom. The first kappa shape index (κ1) is 21.9. The third kappa shape index (κ3) is 4.20. The average molecular weight is 894 g/mol. The van der Waals surface area contributed by atoms with Crippen molar-refractivity contribution < 1.29 is 4.74 Å². The van der Waals surface area contributed by atoms with Gasteiger partial charge in [-0.15, -0.1) is 0 Å². The molecule has 0 aliphatic rings. The van der Waals surface area contributed by atoms with Crippen LogP contribution in [0.25, 0.3) is 0 Å². The molecule has 0 atom stereocenters. The number of hydrogen-bond donors (Lipinski definition) is 0. The second-order valence-corrected chi connectivity index (χ2v) is 11.3. The Morgan fingerprint density at radius 1 is 0.435 bits per heavy atom. The molecule has 0 fully saturated rings. The quantitative estimate of drug-likeness (QED) is 0.216. The van der Waals surface area contributed by atoms with Crippen molar-refractivity contribution in [2.45, 2.75) is 6.92 Å². The fourth-order valence-electron chi connectivity index (χ4n) is 1.59. The van der Waals surface area contributed by atoms with E-state index in [1.54, 1.807) is 0 Å². The molecule has 0 N–H and O–H groups in total. The van der Waals surface area contributed by atoms with Gasteiger partial charge in [-0.3, -0.25) is 0 Å². The summed E-state index contributed by atoms with van der Waals surface area (Å²) in [5.74, 6) is 1.29. The van der Waals surface area contributed by atoms with Crippen molar-refractivity contribution in [3.63, 3.8) is 0 Å². The molecule has 0 aliphatic carbocycles. The van der Waals surface area contributed by atoms with Crippen LogP contribution >= 0.6 is 143 Å². The van der Waals surface area contributed by atoms with Gasteiger partial charge in [-0.1, -0.05) is 0 Å². The van der Waals surface area contributed by atoms with Gasteiger partial charge in [0.15, 0.2) is 11.5 Å². The standard InChI is InChI=1S/C13H3Br9O/c1-2-3(14)8(19)12(9(20)4(2)15)23-13-10(21)6(17)5(16)7(18)11(13)22/h1H3. The van der Waals surface area contributed by atoms with Crippen LogP contribution in [0.3, 0.4) is 0 Å². The van der Waals surface area contributed by atoms with Crippen LogP contribution < -0.4 is 4.74 Å². The molecule has 23 heavy (non-hydrogen) atoms. The van der Waals surface area contributed by atoms with Crippen LogP contribution in [0.1, 0.15) is 5.56 Å². The van der Waals surface area contributed by atoms with E-state index in [0.29, 0.717) is 11.5 Å². The summed E-state index contributed by atoms with van der Waals surface area (Å²) < 4.78 is 13.8. The molecule has 124 valence electrons. The van der Waals surface area contributed by atoms with Gasteiger partial charge < -0.3 is 4.74 Å². The maximum absolute atomic E-state index is 6.21. The molecule has 0 amide bonds. The van der Waals surface area contributed by atoms with Crippen molar-refractivity contribution in [2.75, 3.05) is 0 Å². The Morgan fingerprint density at radius 2 is 0.696 bits per heavy atom. The lowest BCUT2D eigenvalue weighted by molar-refractivity contribution is 0.468. The highest BCUT2D eigenvalue weighted by molar-refractivity contribution is 9.16. The van der Waals surface area contributed by atoms with Crippen molar-refractivity contribution in [1.29, 1.82) is 0 Å². The number of ether oxygens (including phenoxy) is 1. The van der Waals surface area contributed by atoms with Crippen LogP contribution in [-0.4, -0.2) is 0 Å². The monoisotopic (exact) mass is 885 g/mol. The number of halogens is 9. The highest BCUT2D eigenvalue weighted by atomic mass is 79.9. The zero-order valence-corrected chi connectivity index (χ0v) is 25.1. The fraction of sp³-hybridized carbons (Fsp3) is 0.0769. The van der Waals surface area contributed by atoms with Gasteiger partial charge in [-0.2, -0.15) is 0 Å². The first-order chi connectivity index (χ1) is 10.6. The van der Waals surface area contributed by atoms with Crippen molar-refractivity contribution in [3.8, 4) is 11.5 Å². The van der Waals surface area contributed by atoms with Crippen LogP contribution in [0.15, 0.2) is 40.3 Å². The van der Waals surface area contributed by atoms with Crippen LogP contribution in [0, 0.1) is 6.92 Å². The lowest BCUT2D eigenvalue weighted by Gasteiger charge is -2.18. The Balaban J connectivity index is 2.71. The van der Waals surface area contributed by atoms with E-state index in [1.165, 1.54) is 0 Å². The maximum atomic E-state index is 6.21. The van der Waals surface area contributed by atoms with E-state index in [4.69, 9.17) is 4.74 Å². The Hall–Kier alpha value is 2.56. The van der Waals surface area contributed by atoms with Crippen LogP contribution in [-0.2, 0) is 0 Å². The summed E-state index contributed by atoms with van der Waals surface area (Å²) in [5, 5.41) is 0. The summed E-state index contributed by atoms with van der Waals surface area (Å²) in [7, 11) is 0. The predicted octanol–water partition coefficient (Wildman–Crippen LogP) is 10.6. The van der Waals surface area contributed by atoms with Crippen molar-refractivity contribution in [3.05, 3.63) is 45.8 Å². The molecular formula is C13H3Br9O. The first-order valence-electron chi connectivity index (χ1n) is 5.61. The zero-order valence-electron chi connectivity index (χ0n) is 10.8. The molecule has 0 spiro atoms. The zero-order chi connectivity index (χ0) is 17.6. The number of benzene rings is 2. The van der Waals surface area contributed by atoms with Gasteiger partial charge in [-0.25, -0.2) is 0 Å². The molecule has 0 saturated heterocycles. The lowest BCUT2D eigenvalue weighted by Crippen LogP contribution is -1.95. The third-order valence-electron chi connectivity index (χ3n) is 2.82. The summed E-state index contributed by atoms with van der Waals surface area (Å²) in [4.78, 5) is 0. The Labute approximate surface area is 209 Å². The van der Waals surface area contributed by atoms with E-state index < -0.39 is 0 Å². The van der Waals surface area contributed by atoms with Gasteiger partial charge in [0, 0.05) is 13.4 Å². The molecule has 0 heterocycles. The average Bonchev–Trinajstić information content (AvgIpc) is 2.54.